The first-order valence-corrected chi connectivity index (χ1v) is 9.12. The Kier molecular flexibility index (Phi) is 5.70. The number of rotatable bonds is 6. The van der Waals surface area contributed by atoms with Crippen LogP contribution in [0.15, 0.2) is 54.6 Å². The van der Waals surface area contributed by atoms with Crippen molar-refractivity contribution < 1.29 is 33.4 Å². The van der Waals surface area contributed by atoms with Gasteiger partial charge in [0.1, 0.15) is 11.9 Å². The number of benzene rings is 2. The molecule has 152 valence electrons. The lowest BCUT2D eigenvalue weighted by Gasteiger charge is -2.22. The molecule has 2 saturated heterocycles. The molecule has 0 aliphatic carbocycles. The Morgan fingerprint density at radius 3 is 2.41 bits per heavy atom. The maximum absolute atomic E-state index is 12.1. The maximum Gasteiger partial charge on any atom is 0.514 e. The van der Waals surface area contributed by atoms with Gasteiger partial charge in [-0.15, -0.1) is 0 Å². The lowest BCUT2D eigenvalue weighted by atomic mass is 10.00. The predicted octanol–water partition coefficient (Wildman–Crippen LogP) is 3.07. The van der Waals surface area contributed by atoms with E-state index in [1.54, 1.807) is 0 Å². The molecule has 2 heterocycles. The Hall–Kier alpha value is -3.01. The molecular weight excluding hydrogens is 382 g/mol. The minimum absolute atomic E-state index is 0.0979. The molecule has 9 heteroatoms. The van der Waals surface area contributed by atoms with Crippen LogP contribution in [0.1, 0.15) is 5.56 Å². The normalized spacial score (nSPS) is 25.4. The molecule has 0 bridgehead atoms. The second-order valence-electron chi connectivity index (χ2n) is 6.71. The molecule has 0 amide bonds. The number of nitro groups is 1. The highest BCUT2D eigenvalue weighted by Crippen LogP contribution is 2.35. The van der Waals surface area contributed by atoms with Crippen LogP contribution in [-0.4, -0.2) is 42.8 Å². The van der Waals surface area contributed by atoms with Crippen LogP contribution in [-0.2, 0) is 25.6 Å². The molecule has 2 aliphatic rings. The summed E-state index contributed by atoms with van der Waals surface area (Å²) in [6.45, 7) is 0.938. The van der Waals surface area contributed by atoms with Crippen molar-refractivity contribution in [1.29, 1.82) is 0 Å². The van der Waals surface area contributed by atoms with E-state index < -0.39 is 23.5 Å². The number of hydrogen-bond acceptors (Lipinski definition) is 8. The van der Waals surface area contributed by atoms with Crippen LogP contribution in [0.4, 0.5) is 10.5 Å². The van der Waals surface area contributed by atoms with E-state index in [2.05, 4.69) is 0 Å². The summed E-state index contributed by atoms with van der Waals surface area (Å²) in [5, 5.41) is 10.7. The summed E-state index contributed by atoms with van der Waals surface area (Å²) in [6, 6.07) is 14.9. The van der Waals surface area contributed by atoms with Crippen LogP contribution >= 0.6 is 0 Å². The predicted molar refractivity (Wildman–Crippen MR) is 98.2 cm³/mol. The summed E-state index contributed by atoms with van der Waals surface area (Å²) in [5.41, 5.74) is 0.934. The van der Waals surface area contributed by atoms with Gasteiger partial charge in [0.25, 0.3) is 5.69 Å². The van der Waals surface area contributed by atoms with Gasteiger partial charge in [-0.1, -0.05) is 30.3 Å². The van der Waals surface area contributed by atoms with E-state index in [9.17, 15) is 14.9 Å². The van der Waals surface area contributed by atoms with Crippen molar-refractivity contribution in [1.82, 2.24) is 0 Å². The molecule has 2 aromatic carbocycles. The highest BCUT2D eigenvalue weighted by molar-refractivity contribution is 5.64. The monoisotopic (exact) mass is 401 g/mol. The SMILES string of the molecule is O=C(Oc1ccc([N+](=O)[O-])cc1)OC1COC2OCC(OCc3ccccc3)C12. The van der Waals surface area contributed by atoms with Gasteiger partial charge in [-0.3, -0.25) is 10.1 Å². The second-order valence-corrected chi connectivity index (χ2v) is 6.71. The summed E-state index contributed by atoms with van der Waals surface area (Å²) in [6.07, 6.45) is -2.26. The standard InChI is InChI=1S/C20H19NO8/c22-20(28-15-8-6-14(7-9-15)21(23)24)29-17-12-27-19-18(17)16(11-26-19)25-10-13-4-2-1-3-5-13/h1-9,16-19H,10-12H2. The zero-order valence-corrected chi connectivity index (χ0v) is 15.3. The second kappa shape index (κ2) is 8.56. The van der Waals surface area contributed by atoms with E-state index in [1.165, 1.54) is 24.3 Å². The van der Waals surface area contributed by atoms with E-state index in [0.717, 1.165) is 5.56 Å². The topological polar surface area (TPSA) is 106 Å². The molecule has 4 unspecified atom stereocenters. The molecular formula is C20H19NO8. The first kappa shape index (κ1) is 19.3. The minimum atomic E-state index is -0.915. The van der Waals surface area contributed by atoms with E-state index in [-0.39, 0.29) is 30.1 Å². The van der Waals surface area contributed by atoms with Crippen molar-refractivity contribution >= 4 is 11.8 Å². The van der Waals surface area contributed by atoms with Crippen molar-refractivity contribution in [2.75, 3.05) is 13.2 Å². The molecule has 2 aromatic rings. The molecule has 2 aliphatic heterocycles. The van der Waals surface area contributed by atoms with Gasteiger partial charge in [0.15, 0.2) is 6.29 Å². The number of carbonyl (C=O) groups excluding carboxylic acids is 1. The Morgan fingerprint density at radius 2 is 1.72 bits per heavy atom. The summed E-state index contributed by atoms with van der Waals surface area (Å²) in [4.78, 5) is 22.3. The van der Waals surface area contributed by atoms with Crippen LogP contribution in [0.25, 0.3) is 0 Å². The van der Waals surface area contributed by atoms with Crippen LogP contribution in [0, 0.1) is 16.0 Å². The van der Waals surface area contributed by atoms with Crippen molar-refractivity contribution in [3.8, 4) is 5.75 Å². The molecule has 0 radical (unpaired) electrons. The van der Waals surface area contributed by atoms with Crippen LogP contribution < -0.4 is 4.74 Å². The highest BCUT2D eigenvalue weighted by atomic mass is 16.8. The Bertz CT molecular complexity index is 857. The molecule has 29 heavy (non-hydrogen) atoms. The van der Waals surface area contributed by atoms with Crippen LogP contribution in [0.5, 0.6) is 5.75 Å². The van der Waals surface area contributed by atoms with Crippen molar-refractivity contribution in [3.05, 3.63) is 70.3 Å². The Balaban J connectivity index is 1.33. The molecule has 9 nitrogen and oxygen atoms in total. The highest BCUT2D eigenvalue weighted by Gasteiger charge is 2.50. The van der Waals surface area contributed by atoms with E-state index in [1.807, 2.05) is 30.3 Å². The quantitative estimate of drug-likeness (QED) is 0.315. The maximum atomic E-state index is 12.1. The number of nitrogens with zero attached hydrogens (tertiary/aromatic N) is 1. The van der Waals surface area contributed by atoms with Crippen LogP contribution in [0.3, 0.4) is 0 Å². The first-order chi connectivity index (χ1) is 14.1. The first-order valence-electron chi connectivity index (χ1n) is 9.12. The average molecular weight is 401 g/mol. The summed E-state index contributed by atoms with van der Waals surface area (Å²) in [5.74, 6) is -0.112. The lowest BCUT2D eigenvalue weighted by molar-refractivity contribution is -0.384. The molecule has 0 aromatic heterocycles. The largest absolute Gasteiger partial charge is 0.514 e. The van der Waals surface area contributed by atoms with Gasteiger partial charge in [0, 0.05) is 12.1 Å². The molecule has 4 atom stereocenters. The fourth-order valence-electron chi connectivity index (χ4n) is 3.39. The zero-order valence-electron chi connectivity index (χ0n) is 15.3. The Labute approximate surface area is 166 Å². The third-order valence-corrected chi connectivity index (χ3v) is 4.83. The lowest BCUT2D eigenvalue weighted by Crippen LogP contribution is -2.36. The molecule has 0 N–H and O–H groups in total. The van der Waals surface area contributed by atoms with E-state index >= 15 is 0 Å². The smallest absolute Gasteiger partial charge is 0.428 e. The number of carbonyl (C=O) groups is 1. The number of ether oxygens (including phenoxy) is 5. The van der Waals surface area contributed by atoms with Crippen molar-refractivity contribution in [2.24, 2.45) is 5.92 Å². The van der Waals surface area contributed by atoms with Gasteiger partial charge in [-0.25, -0.2) is 4.79 Å². The van der Waals surface area contributed by atoms with Gasteiger partial charge < -0.3 is 23.7 Å². The van der Waals surface area contributed by atoms with E-state index in [4.69, 9.17) is 23.7 Å². The third-order valence-electron chi connectivity index (χ3n) is 4.83. The zero-order chi connectivity index (χ0) is 20.2. The van der Waals surface area contributed by atoms with E-state index in [0.29, 0.717) is 13.2 Å². The van der Waals surface area contributed by atoms with Gasteiger partial charge in [0.2, 0.25) is 0 Å². The van der Waals surface area contributed by atoms with Crippen molar-refractivity contribution in [3.63, 3.8) is 0 Å². The fourth-order valence-corrected chi connectivity index (χ4v) is 3.39. The number of fused-ring (bicyclic) bond motifs is 1. The molecule has 0 saturated carbocycles. The average Bonchev–Trinajstić information content (AvgIpc) is 3.31. The van der Waals surface area contributed by atoms with Gasteiger partial charge in [0.05, 0.1) is 36.8 Å². The molecule has 0 spiro atoms. The Morgan fingerprint density at radius 1 is 1.03 bits per heavy atom. The summed E-state index contributed by atoms with van der Waals surface area (Å²) < 4.78 is 27.6. The van der Waals surface area contributed by atoms with Gasteiger partial charge in [-0.2, -0.15) is 0 Å². The number of nitro benzene ring substituents is 1. The molecule has 2 fully saturated rings. The number of non-ortho nitro benzene ring substituents is 1. The third kappa shape index (κ3) is 4.53. The van der Waals surface area contributed by atoms with Crippen LogP contribution in [0.2, 0.25) is 0 Å². The van der Waals surface area contributed by atoms with Crippen molar-refractivity contribution in [2.45, 2.75) is 25.1 Å². The number of hydrogen-bond donors (Lipinski definition) is 0. The summed E-state index contributed by atoms with van der Waals surface area (Å²) >= 11 is 0. The van der Waals surface area contributed by atoms with Gasteiger partial charge >= 0.3 is 6.16 Å². The summed E-state index contributed by atoms with van der Waals surface area (Å²) in [7, 11) is 0. The fraction of sp³-hybridized carbons (Fsp3) is 0.350. The minimum Gasteiger partial charge on any atom is -0.428 e. The molecule has 4 rings (SSSR count). The van der Waals surface area contributed by atoms with Gasteiger partial charge in [-0.05, 0) is 17.7 Å².